The standard InChI is InChI=1S/C13H14BrN3O/c14-11-4-2-1-3-10(11)13-17-16-12(18-13)7-8-15-9-5-6-9/h1-4,9,15H,5-8H2. The molecule has 94 valence electrons. The third-order valence-electron chi connectivity index (χ3n) is 2.92. The molecule has 0 amide bonds. The molecule has 0 aliphatic heterocycles. The van der Waals surface area contributed by atoms with Gasteiger partial charge in [-0.1, -0.05) is 12.1 Å². The Morgan fingerprint density at radius 3 is 2.89 bits per heavy atom. The van der Waals surface area contributed by atoms with E-state index in [0.29, 0.717) is 11.8 Å². The number of hydrogen-bond donors (Lipinski definition) is 1. The summed E-state index contributed by atoms with van der Waals surface area (Å²) in [5.41, 5.74) is 0.936. The zero-order valence-corrected chi connectivity index (χ0v) is 11.5. The second-order valence-electron chi connectivity index (χ2n) is 4.46. The van der Waals surface area contributed by atoms with Crippen LogP contribution in [0.25, 0.3) is 11.5 Å². The van der Waals surface area contributed by atoms with E-state index in [1.165, 1.54) is 12.8 Å². The molecule has 3 rings (SSSR count). The lowest BCUT2D eigenvalue weighted by atomic mass is 10.2. The Balaban J connectivity index is 1.66. The molecule has 0 atom stereocenters. The maximum Gasteiger partial charge on any atom is 0.248 e. The van der Waals surface area contributed by atoms with Crippen molar-refractivity contribution in [3.8, 4) is 11.5 Å². The third kappa shape index (κ3) is 2.79. The molecule has 1 N–H and O–H groups in total. The monoisotopic (exact) mass is 307 g/mol. The number of halogens is 1. The average molecular weight is 308 g/mol. The highest BCUT2D eigenvalue weighted by Crippen LogP contribution is 2.26. The summed E-state index contributed by atoms with van der Waals surface area (Å²) in [7, 11) is 0. The number of benzene rings is 1. The van der Waals surface area contributed by atoms with E-state index in [9.17, 15) is 0 Å². The molecule has 0 unspecified atom stereocenters. The fraction of sp³-hybridized carbons (Fsp3) is 0.385. The molecule has 1 aliphatic carbocycles. The Morgan fingerprint density at radius 2 is 2.11 bits per heavy atom. The Bertz CT molecular complexity index is 537. The van der Waals surface area contributed by atoms with Gasteiger partial charge in [0.25, 0.3) is 0 Å². The highest BCUT2D eigenvalue weighted by atomic mass is 79.9. The van der Waals surface area contributed by atoms with Crippen LogP contribution in [0.5, 0.6) is 0 Å². The first-order valence-corrected chi connectivity index (χ1v) is 6.93. The van der Waals surface area contributed by atoms with Crippen LogP contribution in [0.2, 0.25) is 0 Å². The number of hydrogen-bond acceptors (Lipinski definition) is 4. The quantitative estimate of drug-likeness (QED) is 0.923. The molecule has 0 spiro atoms. The van der Waals surface area contributed by atoms with Crippen LogP contribution in [0.3, 0.4) is 0 Å². The highest BCUT2D eigenvalue weighted by Gasteiger charge is 2.20. The summed E-state index contributed by atoms with van der Waals surface area (Å²) in [5, 5.41) is 11.6. The molecule has 0 radical (unpaired) electrons. The molecule has 1 saturated carbocycles. The second kappa shape index (κ2) is 5.20. The first-order chi connectivity index (χ1) is 8.83. The Morgan fingerprint density at radius 1 is 1.28 bits per heavy atom. The van der Waals surface area contributed by atoms with Gasteiger partial charge < -0.3 is 9.73 Å². The molecule has 5 heteroatoms. The minimum absolute atomic E-state index is 0.573. The van der Waals surface area contributed by atoms with Gasteiger partial charge in [-0.15, -0.1) is 10.2 Å². The van der Waals surface area contributed by atoms with Gasteiger partial charge in [0.1, 0.15) is 0 Å². The predicted octanol–water partition coefficient (Wildman–Crippen LogP) is 2.79. The lowest BCUT2D eigenvalue weighted by Gasteiger charge is -1.99. The summed E-state index contributed by atoms with van der Waals surface area (Å²) in [6, 6.07) is 8.57. The molecule has 0 saturated heterocycles. The molecule has 4 nitrogen and oxygen atoms in total. The molecule has 1 aromatic carbocycles. The van der Waals surface area contributed by atoms with Crippen molar-refractivity contribution < 1.29 is 4.42 Å². The zero-order valence-electron chi connectivity index (χ0n) is 9.90. The second-order valence-corrected chi connectivity index (χ2v) is 5.31. The van der Waals surface area contributed by atoms with Crippen molar-refractivity contribution in [2.45, 2.75) is 25.3 Å². The van der Waals surface area contributed by atoms with Crippen LogP contribution < -0.4 is 5.32 Å². The van der Waals surface area contributed by atoms with Crippen LogP contribution in [0.4, 0.5) is 0 Å². The Hall–Kier alpha value is -1.20. The van der Waals surface area contributed by atoms with Gasteiger partial charge in [0, 0.05) is 23.5 Å². The van der Waals surface area contributed by atoms with Crippen molar-refractivity contribution in [3.05, 3.63) is 34.6 Å². The van der Waals surface area contributed by atoms with Crippen LogP contribution in [0, 0.1) is 0 Å². The molecule has 1 fully saturated rings. The van der Waals surface area contributed by atoms with Gasteiger partial charge in [-0.05, 0) is 40.9 Å². The van der Waals surface area contributed by atoms with E-state index in [2.05, 4.69) is 31.4 Å². The van der Waals surface area contributed by atoms with E-state index in [4.69, 9.17) is 4.42 Å². The van der Waals surface area contributed by atoms with Gasteiger partial charge >= 0.3 is 0 Å². The van der Waals surface area contributed by atoms with E-state index >= 15 is 0 Å². The number of nitrogens with one attached hydrogen (secondary N) is 1. The number of rotatable bonds is 5. The van der Waals surface area contributed by atoms with Crippen molar-refractivity contribution in [2.24, 2.45) is 0 Å². The van der Waals surface area contributed by atoms with Crippen LogP contribution in [-0.4, -0.2) is 22.8 Å². The van der Waals surface area contributed by atoms with Crippen LogP contribution >= 0.6 is 15.9 Å². The fourth-order valence-electron chi connectivity index (χ4n) is 1.77. The van der Waals surface area contributed by atoms with E-state index in [1.807, 2.05) is 24.3 Å². The van der Waals surface area contributed by atoms with E-state index < -0.39 is 0 Å². The van der Waals surface area contributed by atoms with Crippen LogP contribution in [0.1, 0.15) is 18.7 Å². The summed E-state index contributed by atoms with van der Waals surface area (Å²) in [6.07, 6.45) is 3.38. The van der Waals surface area contributed by atoms with Gasteiger partial charge in [-0.3, -0.25) is 0 Å². The third-order valence-corrected chi connectivity index (χ3v) is 3.61. The highest BCUT2D eigenvalue weighted by molar-refractivity contribution is 9.10. The fourth-order valence-corrected chi connectivity index (χ4v) is 2.22. The van der Waals surface area contributed by atoms with Gasteiger partial charge in [0.2, 0.25) is 11.8 Å². The SMILES string of the molecule is Brc1ccccc1-c1nnc(CCNC2CC2)o1. The lowest BCUT2D eigenvalue weighted by molar-refractivity contribution is 0.494. The predicted molar refractivity (Wildman–Crippen MR) is 72.2 cm³/mol. The van der Waals surface area contributed by atoms with Crippen LogP contribution in [-0.2, 0) is 6.42 Å². The maximum atomic E-state index is 5.66. The number of aromatic nitrogens is 2. The summed E-state index contributed by atoms with van der Waals surface area (Å²) in [6.45, 7) is 0.905. The number of nitrogens with zero attached hydrogens (tertiary/aromatic N) is 2. The van der Waals surface area contributed by atoms with Crippen molar-refractivity contribution >= 4 is 15.9 Å². The first-order valence-electron chi connectivity index (χ1n) is 6.13. The van der Waals surface area contributed by atoms with Crippen molar-refractivity contribution in [1.29, 1.82) is 0 Å². The largest absolute Gasteiger partial charge is 0.421 e. The van der Waals surface area contributed by atoms with Crippen molar-refractivity contribution in [1.82, 2.24) is 15.5 Å². The molecular formula is C13H14BrN3O. The smallest absolute Gasteiger partial charge is 0.248 e. The van der Waals surface area contributed by atoms with E-state index in [0.717, 1.165) is 29.0 Å². The van der Waals surface area contributed by atoms with Crippen molar-refractivity contribution in [3.63, 3.8) is 0 Å². The molecular weight excluding hydrogens is 294 g/mol. The molecule has 1 aromatic heterocycles. The topological polar surface area (TPSA) is 51.0 Å². The molecule has 0 bridgehead atoms. The zero-order chi connectivity index (χ0) is 12.4. The van der Waals surface area contributed by atoms with Gasteiger partial charge in [0.15, 0.2) is 0 Å². The molecule has 2 aromatic rings. The Kier molecular flexibility index (Phi) is 3.43. The van der Waals surface area contributed by atoms with E-state index in [1.54, 1.807) is 0 Å². The average Bonchev–Trinajstić information content (AvgIpc) is 3.08. The molecule has 1 aliphatic rings. The summed E-state index contributed by atoms with van der Waals surface area (Å²) in [4.78, 5) is 0. The normalized spacial score (nSPS) is 14.9. The summed E-state index contributed by atoms with van der Waals surface area (Å²) >= 11 is 3.48. The van der Waals surface area contributed by atoms with Gasteiger partial charge in [0.05, 0.1) is 5.56 Å². The maximum absolute atomic E-state index is 5.66. The minimum atomic E-state index is 0.573. The van der Waals surface area contributed by atoms with Crippen LogP contribution in [0.15, 0.2) is 33.2 Å². The van der Waals surface area contributed by atoms with Crippen molar-refractivity contribution in [2.75, 3.05) is 6.54 Å². The molecule has 1 heterocycles. The minimum Gasteiger partial charge on any atom is -0.421 e. The van der Waals surface area contributed by atoms with Gasteiger partial charge in [-0.25, -0.2) is 0 Å². The molecule has 18 heavy (non-hydrogen) atoms. The Labute approximate surface area is 114 Å². The van der Waals surface area contributed by atoms with Gasteiger partial charge in [-0.2, -0.15) is 0 Å². The first kappa shape index (κ1) is 11.9. The summed E-state index contributed by atoms with van der Waals surface area (Å²) < 4.78 is 6.63. The van der Waals surface area contributed by atoms with E-state index in [-0.39, 0.29) is 0 Å². The summed E-state index contributed by atoms with van der Waals surface area (Å²) in [5.74, 6) is 1.26. The lowest BCUT2D eigenvalue weighted by Crippen LogP contribution is -2.19.